The molecule has 110 valence electrons. The maximum absolute atomic E-state index is 12.8. The minimum atomic E-state index is -0.453. The molecule has 0 unspecified atom stereocenters. The normalized spacial score (nSPS) is 11.2. The lowest BCUT2D eigenvalue weighted by atomic mass is 10.2. The Labute approximate surface area is 133 Å². The molecule has 0 spiro atoms. The molecule has 0 aliphatic heterocycles. The van der Waals surface area contributed by atoms with Crippen LogP contribution in [0, 0.1) is 5.82 Å². The van der Waals surface area contributed by atoms with Gasteiger partial charge in [-0.05, 0) is 42.0 Å². The Balaban J connectivity index is 1.71. The second-order valence-electron chi connectivity index (χ2n) is 4.54. The summed E-state index contributed by atoms with van der Waals surface area (Å²) in [5.41, 5.74) is 3.67. The number of furan rings is 1. The van der Waals surface area contributed by atoms with Gasteiger partial charge in [-0.2, -0.15) is 5.10 Å². The van der Waals surface area contributed by atoms with Crippen LogP contribution in [0.2, 0.25) is 0 Å². The first kappa shape index (κ1) is 14.5. The van der Waals surface area contributed by atoms with Crippen molar-refractivity contribution in [2.24, 2.45) is 5.10 Å². The highest BCUT2D eigenvalue weighted by atomic mass is 79.9. The summed E-state index contributed by atoms with van der Waals surface area (Å²) in [6.45, 7) is 0. The highest BCUT2D eigenvalue weighted by Gasteiger charge is 2.11. The molecular weight excluding hydrogens is 351 g/mol. The quantitative estimate of drug-likeness (QED) is 0.564. The predicted octanol–water partition coefficient (Wildman–Crippen LogP) is 4.10. The molecule has 4 nitrogen and oxygen atoms in total. The van der Waals surface area contributed by atoms with Crippen LogP contribution in [0.15, 0.2) is 62.5 Å². The number of hydrogen-bond acceptors (Lipinski definition) is 3. The topological polar surface area (TPSA) is 54.6 Å². The lowest BCUT2D eigenvalue weighted by Crippen LogP contribution is -2.16. The Morgan fingerprint density at radius 3 is 2.73 bits per heavy atom. The van der Waals surface area contributed by atoms with E-state index in [1.807, 2.05) is 12.1 Å². The predicted molar refractivity (Wildman–Crippen MR) is 85.4 cm³/mol. The van der Waals surface area contributed by atoms with Crippen LogP contribution in [0.5, 0.6) is 0 Å². The third-order valence-corrected chi connectivity index (χ3v) is 3.45. The van der Waals surface area contributed by atoms with Crippen molar-refractivity contribution in [3.05, 3.63) is 70.1 Å². The van der Waals surface area contributed by atoms with Crippen LogP contribution in [0.1, 0.15) is 16.1 Å². The molecule has 1 heterocycles. The Hall–Kier alpha value is -2.47. The minimum absolute atomic E-state index is 0.171. The largest absolute Gasteiger partial charge is 0.451 e. The van der Waals surface area contributed by atoms with Crippen molar-refractivity contribution in [3.8, 4) is 0 Å². The fourth-order valence-electron chi connectivity index (χ4n) is 1.90. The smallest absolute Gasteiger partial charge is 0.307 e. The molecule has 22 heavy (non-hydrogen) atoms. The highest BCUT2D eigenvalue weighted by Crippen LogP contribution is 2.23. The molecule has 1 N–H and O–H groups in total. The molecule has 0 aliphatic carbocycles. The van der Waals surface area contributed by atoms with E-state index in [1.165, 1.54) is 18.3 Å². The van der Waals surface area contributed by atoms with E-state index in [4.69, 9.17) is 4.42 Å². The van der Waals surface area contributed by atoms with Gasteiger partial charge in [0.25, 0.3) is 0 Å². The van der Waals surface area contributed by atoms with E-state index in [9.17, 15) is 9.18 Å². The molecule has 2 aromatic carbocycles. The first-order valence-electron chi connectivity index (χ1n) is 6.40. The van der Waals surface area contributed by atoms with Gasteiger partial charge in [-0.3, -0.25) is 4.79 Å². The van der Waals surface area contributed by atoms with Crippen molar-refractivity contribution in [2.45, 2.75) is 0 Å². The lowest BCUT2D eigenvalue weighted by molar-refractivity contribution is 0.0929. The third kappa shape index (κ3) is 3.23. The van der Waals surface area contributed by atoms with Gasteiger partial charge in [-0.1, -0.05) is 28.1 Å². The van der Waals surface area contributed by atoms with E-state index in [-0.39, 0.29) is 11.6 Å². The van der Waals surface area contributed by atoms with Crippen LogP contribution in [0.25, 0.3) is 11.0 Å². The number of amides is 1. The standard InChI is InChI=1S/C16H10BrFN2O2/c17-12-3-6-14-11(7-12)8-15(22-14)16(21)20-19-9-10-1-4-13(18)5-2-10/h1-9H,(H,20,21)/b19-9+. The number of hydrazone groups is 1. The van der Waals surface area contributed by atoms with Crippen LogP contribution < -0.4 is 5.43 Å². The summed E-state index contributed by atoms with van der Waals surface area (Å²) < 4.78 is 19.1. The molecule has 0 saturated carbocycles. The van der Waals surface area contributed by atoms with Crippen molar-refractivity contribution in [3.63, 3.8) is 0 Å². The van der Waals surface area contributed by atoms with E-state index in [0.717, 1.165) is 9.86 Å². The summed E-state index contributed by atoms with van der Waals surface area (Å²) >= 11 is 3.36. The van der Waals surface area contributed by atoms with E-state index in [2.05, 4.69) is 26.5 Å². The third-order valence-electron chi connectivity index (χ3n) is 2.95. The molecule has 3 aromatic rings. The number of halogens is 2. The number of carbonyl (C=O) groups excluding carboxylic acids is 1. The highest BCUT2D eigenvalue weighted by molar-refractivity contribution is 9.10. The fourth-order valence-corrected chi connectivity index (χ4v) is 2.27. The van der Waals surface area contributed by atoms with Crippen LogP contribution in [-0.4, -0.2) is 12.1 Å². The van der Waals surface area contributed by atoms with Gasteiger partial charge >= 0.3 is 5.91 Å². The molecule has 0 bridgehead atoms. The average Bonchev–Trinajstić information content (AvgIpc) is 2.92. The Bertz CT molecular complexity index is 856. The number of nitrogens with one attached hydrogen (secondary N) is 1. The van der Waals surface area contributed by atoms with Crippen LogP contribution in [0.4, 0.5) is 4.39 Å². The number of rotatable bonds is 3. The second-order valence-corrected chi connectivity index (χ2v) is 5.46. The van der Waals surface area contributed by atoms with Gasteiger partial charge in [0, 0.05) is 9.86 Å². The zero-order chi connectivity index (χ0) is 15.5. The first-order valence-corrected chi connectivity index (χ1v) is 7.19. The van der Waals surface area contributed by atoms with Gasteiger partial charge in [0.15, 0.2) is 5.76 Å². The zero-order valence-corrected chi connectivity index (χ0v) is 12.8. The molecule has 0 aliphatic rings. The van der Waals surface area contributed by atoms with Gasteiger partial charge in [-0.25, -0.2) is 9.82 Å². The Kier molecular flexibility index (Phi) is 4.02. The monoisotopic (exact) mass is 360 g/mol. The van der Waals surface area contributed by atoms with Crippen molar-refractivity contribution >= 4 is 39.0 Å². The van der Waals surface area contributed by atoms with Gasteiger partial charge in [0.05, 0.1) is 6.21 Å². The maximum atomic E-state index is 12.8. The van der Waals surface area contributed by atoms with Crippen LogP contribution in [-0.2, 0) is 0 Å². The fraction of sp³-hybridized carbons (Fsp3) is 0. The van der Waals surface area contributed by atoms with Crippen molar-refractivity contribution in [1.29, 1.82) is 0 Å². The maximum Gasteiger partial charge on any atom is 0.307 e. The summed E-state index contributed by atoms with van der Waals surface area (Å²) in [7, 11) is 0. The SMILES string of the molecule is O=C(N/N=C/c1ccc(F)cc1)c1cc2cc(Br)ccc2o1. The Morgan fingerprint density at radius 2 is 1.95 bits per heavy atom. The number of nitrogens with zero attached hydrogens (tertiary/aromatic N) is 1. The van der Waals surface area contributed by atoms with Crippen molar-refractivity contribution in [2.75, 3.05) is 0 Å². The number of fused-ring (bicyclic) bond motifs is 1. The summed E-state index contributed by atoms with van der Waals surface area (Å²) in [5.74, 6) is -0.607. The minimum Gasteiger partial charge on any atom is -0.451 e. The first-order chi connectivity index (χ1) is 10.6. The summed E-state index contributed by atoms with van der Waals surface area (Å²) in [4.78, 5) is 12.0. The van der Waals surface area contributed by atoms with E-state index in [1.54, 1.807) is 24.3 Å². The Morgan fingerprint density at radius 1 is 1.18 bits per heavy atom. The second kappa shape index (κ2) is 6.11. The lowest BCUT2D eigenvalue weighted by Gasteiger charge is -1.95. The molecule has 0 fully saturated rings. The van der Waals surface area contributed by atoms with Gasteiger partial charge < -0.3 is 4.42 Å². The van der Waals surface area contributed by atoms with E-state index < -0.39 is 5.91 Å². The van der Waals surface area contributed by atoms with Gasteiger partial charge in [0.1, 0.15) is 11.4 Å². The molecule has 3 rings (SSSR count). The summed E-state index contributed by atoms with van der Waals surface area (Å²) in [6, 6.07) is 12.9. The summed E-state index contributed by atoms with van der Waals surface area (Å²) in [5, 5.41) is 4.64. The molecule has 6 heteroatoms. The van der Waals surface area contributed by atoms with Gasteiger partial charge in [-0.15, -0.1) is 0 Å². The molecular formula is C16H10BrFN2O2. The van der Waals surface area contributed by atoms with Crippen LogP contribution >= 0.6 is 15.9 Å². The zero-order valence-electron chi connectivity index (χ0n) is 11.2. The molecule has 0 radical (unpaired) electrons. The van der Waals surface area contributed by atoms with E-state index in [0.29, 0.717) is 11.1 Å². The summed E-state index contributed by atoms with van der Waals surface area (Å²) in [6.07, 6.45) is 1.43. The van der Waals surface area contributed by atoms with Crippen molar-refractivity contribution in [1.82, 2.24) is 5.43 Å². The van der Waals surface area contributed by atoms with Crippen molar-refractivity contribution < 1.29 is 13.6 Å². The van der Waals surface area contributed by atoms with E-state index >= 15 is 0 Å². The van der Waals surface area contributed by atoms with Crippen LogP contribution in [0.3, 0.4) is 0 Å². The molecule has 1 amide bonds. The molecule has 1 aromatic heterocycles. The van der Waals surface area contributed by atoms with Gasteiger partial charge in [0.2, 0.25) is 0 Å². The number of hydrogen-bond donors (Lipinski definition) is 1. The number of benzene rings is 2. The molecule has 0 saturated heterocycles. The average molecular weight is 361 g/mol. The molecule has 0 atom stereocenters. The number of carbonyl (C=O) groups is 1.